The van der Waals surface area contributed by atoms with Crippen molar-refractivity contribution in [3.63, 3.8) is 0 Å². The van der Waals surface area contributed by atoms with E-state index in [-0.39, 0.29) is 5.56 Å². The standard InChI is InChI=1S/C26H24F3N3/c1-16-15-30-22-13-7-5-11-20(22)24(16)32-25-18-9-3-2-8-17(18)14-23(31-25)19-10-4-6-12-21(19)26(27,28)29/h4-7,10-14,30H,2-3,8-9,15H2,1H3,(H,31,32). The maximum Gasteiger partial charge on any atom is 0.417 e. The molecule has 0 amide bonds. The molecule has 0 bridgehead atoms. The fourth-order valence-electron chi connectivity index (χ4n) is 4.63. The second kappa shape index (κ2) is 8.01. The molecule has 0 radical (unpaired) electrons. The maximum atomic E-state index is 13.7. The first-order valence-electron chi connectivity index (χ1n) is 10.9. The van der Waals surface area contributed by atoms with E-state index in [9.17, 15) is 13.2 Å². The fraction of sp³-hybridized carbons (Fsp3) is 0.269. The van der Waals surface area contributed by atoms with Crippen molar-refractivity contribution in [2.75, 3.05) is 17.2 Å². The SMILES string of the molecule is CC1=C(Nc2nc(-c3ccccc3C(F)(F)F)cc3c2CCCC3)c2ccccc2NC1. The summed E-state index contributed by atoms with van der Waals surface area (Å²) in [6, 6.07) is 15.6. The van der Waals surface area contributed by atoms with Crippen molar-refractivity contribution in [1.82, 2.24) is 4.98 Å². The van der Waals surface area contributed by atoms with Crippen LogP contribution in [0.4, 0.5) is 24.7 Å². The van der Waals surface area contributed by atoms with Gasteiger partial charge in [0.05, 0.1) is 11.3 Å². The maximum absolute atomic E-state index is 13.7. The zero-order valence-corrected chi connectivity index (χ0v) is 17.8. The zero-order valence-electron chi connectivity index (χ0n) is 17.8. The number of pyridine rings is 1. The molecule has 32 heavy (non-hydrogen) atoms. The quantitative estimate of drug-likeness (QED) is 0.469. The van der Waals surface area contributed by atoms with Crippen LogP contribution in [-0.4, -0.2) is 11.5 Å². The van der Waals surface area contributed by atoms with Crippen LogP contribution in [0.3, 0.4) is 0 Å². The van der Waals surface area contributed by atoms with E-state index in [1.165, 1.54) is 12.1 Å². The number of nitrogens with zero attached hydrogens (tertiary/aromatic N) is 1. The van der Waals surface area contributed by atoms with Gasteiger partial charge in [-0.3, -0.25) is 0 Å². The molecule has 2 heterocycles. The number of hydrogen-bond donors (Lipinski definition) is 2. The van der Waals surface area contributed by atoms with Crippen LogP contribution in [0, 0.1) is 0 Å². The molecular weight excluding hydrogens is 411 g/mol. The van der Waals surface area contributed by atoms with Crippen LogP contribution in [0.1, 0.15) is 42.0 Å². The van der Waals surface area contributed by atoms with E-state index in [1.54, 1.807) is 6.07 Å². The topological polar surface area (TPSA) is 37.0 Å². The molecule has 1 aromatic heterocycles. The van der Waals surface area contributed by atoms with Gasteiger partial charge in [0, 0.05) is 29.1 Å². The number of hydrogen-bond acceptors (Lipinski definition) is 3. The third-order valence-corrected chi connectivity index (χ3v) is 6.26. The number of anilines is 2. The van der Waals surface area contributed by atoms with E-state index in [2.05, 4.69) is 17.6 Å². The van der Waals surface area contributed by atoms with Crippen LogP contribution in [0.15, 0.2) is 60.2 Å². The molecule has 5 rings (SSSR count). The summed E-state index contributed by atoms with van der Waals surface area (Å²) in [6.07, 6.45) is -0.625. The Morgan fingerprint density at radius 1 is 0.938 bits per heavy atom. The summed E-state index contributed by atoms with van der Waals surface area (Å²) in [7, 11) is 0. The number of halogens is 3. The molecular formula is C26H24F3N3. The summed E-state index contributed by atoms with van der Waals surface area (Å²) in [5.74, 6) is 0.667. The Kier molecular flexibility index (Phi) is 5.16. The van der Waals surface area contributed by atoms with Gasteiger partial charge >= 0.3 is 6.18 Å². The highest BCUT2D eigenvalue weighted by Crippen LogP contribution is 2.40. The molecule has 0 fully saturated rings. The minimum atomic E-state index is -4.44. The van der Waals surface area contributed by atoms with E-state index < -0.39 is 11.7 Å². The Labute approximate surface area is 185 Å². The van der Waals surface area contributed by atoms with Gasteiger partial charge in [0.25, 0.3) is 0 Å². The van der Waals surface area contributed by atoms with Crippen molar-refractivity contribution in [2.24, 2.45) is 0 Å². The Morgan fingerprint density at radius 2 is 1.66 bits per heavy atom. The molecule has 2 aliphatic rings. The summed E-state index contributed by atoms with van der Waals surface area (Å²) in [6.45, 7) is 2.76. The van der Waals surface area contributed by atoms with Gasteiger partial charge in [-0.2, -0.15) is 13.2 Å². The predicted octanol–water partition coefficient (Wildman–Crippen LogP) is 6.91. The summed E-state index contributed by atoms with van der Waals surface area (Å²) in [5.41, 5.74) is 6.21. The lowest BCUT2D eigenvalue weighted by molar-refractivity contribution is -0.137. The van der Waals surface area contributed by atoms with Crippen LogP contribution in [0.5, 0.6) is 0 Å². The number of aryl methyl sites for hydroxylation is 1. The van der Waals surface area contributed by atoms with Gasteiger partial charge in [-0.1, -0.05) is 36.4 Å². The molecule has 0 saturated carbocycles. The van der Waals surface area contributed by atoms with Gasteiger partial charge in [-0.05, 0) is 67.5 Å². The van der Waals surface area contributed by atoms with Crippen molar-refractivity contribution in [3.8, 4) is 11.3 Å². The van der Waals surface area contributed by atoms with Gasteiger partial charge in [0.1, 0.15) is 5.82 Å². The van der Waals surface area contributed by atoms with E-state index >= 15 is 0 Å². The number of alkyl halides is 3. The Hall–Kier alpha value is -3.28. The first-order valence-corrected chi connectivity index (χ1v) is 10.9. The molecule has 1 aliphatic carbocycles. The van der Waals surface area contributed by atoms with Gasteiger partial charge in [-0.15, -0.1) is 0 Å². The Morgan fingerprint density at radius 3 is 2.47 bits per heavy atom. The monoisotopic (exact) mass is 435 g/mol. The molecule has 0 atom stereocenters. The van der Waals surface area contributed by atoms with Crippen molar-refractivity contribution in [3.05, 3.63) is 82.4 Å². The number of fused-ring (bicyclic) bond motifs is 2. The highest BCUT2D eigenvalue weighted by Gasteiger charge is 2.34. The molecule has 3 aromatic rings. The van der Waals surface area contributed by atoms with E-state index in [0.29, 0.717) is 18.1 Å². The molecule has 0 spiro atoms. The third-order valence-electron chi connectivity index (χ3n) is 6.26. The van der Waals surface area contributed by atoms with Gasteiger partial charge in [0.15, 0.2) is 0 Å². The minimum Gasteiger partial charge on any atom is -0.381 e. The average Bonchev–Trinajstić information content (AvgIpc) is 2.80. The molecule has 164 valence electrons. The van der Waals surface area contributed by atoms with Crippen LogP contribution in [0.2, 0.25) is 0 Å². The second-order valence-electron chi connectivity index (χ2n) is 8.42. The lowest BCUT2D eigenvalue weighted by Gasteiger charge is -2.27. The highest BCUT2D eigenvalue weighted by atomic mass is 19.4. The molecule has 6 heteroatoms. The average molecular weight is 435 g/mol. The fourth-order valence-corrected chi connectivity index (χ4v) is 4.63. The lowest BCUT2D eigenvalue weighted by Crippen LogP contribution is -2.18. The largest absolute Gasteiger partial charge is 0.417 e. The normalized spacial score (nSPS) is 15.6. The molecule has 0 saturated heterocycles. The summed E-state index contributed by atoms with van der Waals surface area (Å²) < 4.78 is 41.1. The van der Waals surface area contributed by atoms with Crippen molar-refractivity contribution in [2.45, 2.75) is 38.8 Å². The first-order chi connectivity index (χ1) is 15.4. The number of benzene rings is 2. The zero-order chi connectivity index (χ0) is 22.3. The van der Waals surface area contributed by atoms with Crippen LogP contribution >= 0.6 is 0 Å². The van der Waals surface area contributed by atoms with Gasteiger partial charge in [0.2, 0.25) is 0 Å². The number of nitrogens with one attached hydrogen (secondary N) is 2. The van der Waals surface area contributed by atoms with Gasteiger partial charge in [-0.25, -0.2) is 4.98 Å². The van der Waals surface area contributed by atoms with Crippen LogP contribution in [-0.2, 0) is 19.0 Å². The molecule has 1 aliphatic heterocycles. The Bertz CT molecular complexity index is 1210. The number of para-hydroxylation sites is 1. The summed E-state index contributed by atoms with van der Waals surface area (Å²) in [5, 5.41) is 6.94. The first kappa shape index (κ1) is 20.6. The molecule has 0 unspecified atom stereocenters. The van der Waals surface area contributed by atoms with E-state index in [0.717, 1.165) is 65.4 Å². The summed E-state index contributed by atoms with van der Waals surface area (Å²) >= 11 is 0. The van der Waals surface area contributed by atoms with Crippen molar-refractivity contribution < 1.29 is 13.2 Å². The predicted molar refractivity (Wildman–Crippen MR) is 122 cm³/mol. The molecule has 2 aromatic carbocycles. The second-order valence-corrected chi connectivity index (χ2v) is 8.42. The van der Waals surface area contributed by atoms with Gasteiger partial charge < -0.3 is 10.6 Å². The van der Waals surface area contributed by atoms with Crippen LogP contribution in [0.25, 0.3) is 17.0 Å². The minimum absolute atomic E-state index is 0.118. The molecule has 3 nitrogen and oxygen atoms in total. The molecule has 2 N–H and O–H groups in total. The number of rotatable bonds is 3. The van der Waals surface area contributed by atoms with Crippen molar-refractivity contribution >= 4 is 17.2 Å². The van der Waals surface area contributed by atoms with E-state index in [1.807, 2.05) is 30.3 Å². The smallest absolute Gasteiger partial charge is 0.381 e. The van der Waals surface area contributed by atoms with Crippen LogP contribution < -0.4 is 10.6 Å². The third kappa shape index (κ3) is 3.74. The lowest BCUT2D eigenvalue weighted by atomic mass is 9.90. The van der Waals surface area contributed by atoms with E-state index in [4.69, 9.17) is 4.98 Å². The van der Waals surface area contributed by atoms with Crippen molar-refractivity contribution in [1.29, 1.82) is 0 Å². The number of aromatic nitrogens is 1. The summed E-state index contributed by atoms with van der Waals surface area (Å²) in [4.78, 5) is 4.77. The highest BCUT2D eigenvalue weighted by molar-refractivity contribution is 5.88. The Balaban J connectivity index is 1.65.